The first-order valence-electron chi connectivity index (χ1n) is 3.53. The zero-order chi connectivity index (χ0) is 10.1. The Bertz CT molecular complexity index is 277. The molecule has 1 aliphatic heterocycles. The zero-order valence-electron chi connectivity index (χ0n) is 7.34. The highest BCUT2D eigenvalue weighted by Gasteiger charge is 2.40. The molecule has 0 amide bonds. The van der Waals surface area contributed by atoms with Gasteiger partial charge in [-0.2, -0.15) is 0 Å². The molecule has 0 aromatic rings. The second-order valence-electron chi connectivity index (χ2n) is 2.77. The van der Waals surface area contributed by atoms with Gasteiger partial charge in [0, 0.05) is 13.4 Å². The van der Waals surface area contributed by atoms with Crippen molar-refractivity contribution in [3.63, 3.8) is 0 Å². The van der Waals surface area contributed by atoms with E-state index in [9.17, 15) is 13.3 Å². The minimum atomic E-state index is -3.21. The number of hydrogen-bond acceptors (Lipinski definition) is 6. The Hall–Kier alpha value is 0.220. The lowest BCUT2D eigenvalue weighted by Gasteiger charge is -2.18. The van der Waals surface area contributed by atoms with Gasteiger partial charge in [-0.3, -0.25) is 9.05 Å². The van der Waals surface area contributed by atoms with Crippen LogP contribution in [0.25, 0.3) is 0 Å². The van der Waals surface area contributed by atoms with Gasteiger partial charge in [-0.1, -0.05) is 0 Å². The Kier molecular flexibility index (Phi) is 3.27. The van der Waals surface area contributed by atoms with Gasteiger partial charge in [0.05, 0.1) is 12.4 Å². The van der Waals surface area contributed by atoms with Crippen LogP contribution in [0.2, 0.25) is 0 Å². The minimum Gasteiger partial charge on any atom is -0.314 e. The van der Waals surface area contributed by atoms with E-state index >= 15 is 0 Å². The summed E-state index contributed by atoms with van der Waals surface area (Å²) in [6.45, 7) is 0.0468. The van der Waals surface area contributed by atoms with Crippen LogP contribution in [0.15, 0.2) is 0 Å². The van der Waals surface area contributed by atoms with E-state index in [1.165, 1.54) is 7.11 Å². The predicted molar refractivity (Wildman–Crippen MR) is 46.7 cm³/mol. The van der Waals surface area contributed by atoms with Crippen molar-refractivity contribution in [1.29, 1.82) is 0 Å². The Morgan fingerprint density at radius 3 is 2.69 bits per heavy atom. The Morgan fingerprint density at radius 1 is 1.69 bits per heavy atom. The molecule has 1 N–H and O–H groups in total. The maximum Gasteiger partial charge on any atom is 0.377 e. The fourth-order valence-electron chi connectivity index (χ4n) is 0.939. The van der Waals surface area contributed by atoms with Gasteiger partial charge >= 0.3 is 8.17 Å². The fourth-order valence-corrected chi connectivity index (χ4v) is 3.00. The first-order valence-corrected chi connectivity index (χ1v) is 7.08. The van der Waals surface area contributed by atoms with Crippen LogP contribution in [0.5, 0.6) is 0 Å². The summed E-state index contributed by atoms with van der Waals surface area (Å²) < 4.78 is 36.0. The minimum absolute atomic E-state index is 0.0468. The van der Waals surface area contributed by atoms with Crippen LogP contribution >= 0.6 is 8.17 Å². The van der Waals surface area contributed by atoms with Crippen molar-refractivity contribution in [2.24, 2.45) is 0 Å². The quantitative estimate of drug-likeness (QED) is 0.675. The molecule has 2 atom stereocenters. The van der Waals surface area contributed by atoms with Crippen LogP contribution in [-0.2, 0) is 23.4 Å². The summed E-state index contributed by atoms with van der Waals surface area (Å²) in [6, 6.07) is 0. The van der Waals surface area contributed by atoms with E-state index in [2.05, 4.69) is 4.52 Å². The third-order valence-corrected chi connectivity index (χ3v) is 3.90. The molecule has 0 saturated carbocycles. The molecule has 0 bridgehead atoms. The zero-order valence-corrected chi connectivity index (χ0v) is 9.05. The number of hydrogen-bond donors (Lipinski definition) is 1. The molecule has 1 radical (unpaired) electrons. The summed E-state index contributed by atoms with van der Waals surface area (Å²) in [6.07, 6.45) is 0.465. The molecule has 0 spiro atoms. The standard InChI is InChI=1S/C5H12O6PS/c1-9-12(6)10-3-5(11-12)4-13(2,7)8/h5-6H,3-4H2,1-2H3. The average molecular weight is 231 g/mol. The lowest BCUT2D eigenvalue weighted by atomic mass is 10.4. The summed E-state index contributed by atoms with van der Waals surface area (Å²) >= 11 is 0. The highest BCUT2D eigenvalue weighted by atomic mass is 32.2. The highest BCUT2D eigenvalue weighted by molar-refractivity contribution is 7.90. The van der Waals surface area contributed by atoms with Gasteiger partial charge in [-0.25, -0.2) is 8.42 Å². The maximum atomic E-state index is 10.8. The summed E-state index contributed by atoms with van der Waals surface area (Å²) in [5, 5.41) is 0. The number of sulfone groups is 1. The van der Waals surface area contributed by atoms with Gasteiger partial charge in [0.15, 0.2) is 0 Å². The summed E-state index contributed by atoms with van der Waals surface area (Å²) in [5.41, 5.74) is 0. The fraction of sp³-hybridized carbons (Fsp3) is 1.00. The molecule has 1 heterocycles. The monoisotopic (exact) mass is 231 g/mol. The van der Waals surface area contributed by atoms with E-state index in [-0.39, 0.29) is 12.4 Å². The van der Waals surface area contributed by atoms with Gasteiger partial charge in [0.2, 0.25) is 0 Å². The molecule has 1 aliphatic rings. The lowest BCUT2D eigenvalue weighted by Crippen LogP contribution is -2.21. The van der Waals surface area contributed by atoms with Gasteiger partial charge in [-0.05, 0) is 0 Å². The van der Waals surface area contributed by atoms with Crippen LogP contribution < -0.4 is 0 Å². The Morgan fingerprint density at radius 2 is 2.31 bits per heavy atom. The summed E-state index contributed by atoms with van der Waals surface area (Å²) in [4.78, 5) is 9.32. The van der Waals surface area contributed by atoms with Crippen LogP contribution in [0.4, 0.5) is 0 Å². The van der Waals surface area contributed by atoms with E-state index in [0.717, 1.165) is 6.26 Å². The average Bonchev–Trinajstić information content (AvgIpc) is 2.30. The maximum absolute atomic E-state index is 10.8. The summed E-state index contributed by atoms with van der Waals surface area (Å²) in [5.74, 6) is -0.168. The molecule has 0 aromatic heterocycles. The van der Waals surface area contributed by atoms with E-state index < -0.39 is 24.1 Å². The summed E-state index contributed by atoms with van der Waals surface area (Å²) in [7, 11) is -5.08. The molecular weight excluding hydrogens is 219 g/mol. The van der Waals surface area contributed by atoms with Crippen molar-refractivity contribution in [3.05, 3.63) is 0 Å². The van der Waals surface area contributed by atoms with Crippen LogP contribution in [0, 0.1) is 0 Å². The Labute approximate surface area is 77.4 Å². The van der Waals surface area contributed by atoms with Gasteiger partial charge in [0.1, 0.15) is 15.9 Å². The predicted octanol–water partition coefficient (Wildman–Crippen LogP) is -0.237. The van der Waals surface area contributed by atoms with Gasteiger partial charge < -0.3 is 9.42 Å². The van der Waals surface area contributed by atoms with E-state index in [4.69, 9.17) is 9.05 Å². The Balaban J connectivity index is 2.51. The van der Waals surface area contributed by atoms with E-state index in [1.807, 2.05) is 0 Å². The SMILES string of the molecule is CO[P]1(O)OCC(CS(C)(=O)=O)O1. The molecule has 2 unspecified atom stereocenters. The normalized spacial score (nSPS) is 35.2. The molecule has 1 rings (SSSR count). The van der Waals surface area contributed by atoms with Crippen molar-refractivity contribution >= 4 is 18.0 Å². The molecule has 0 aromatic carbocycles. The second kappa shape index (κ2) is 3.76. The van der Waals surface area contributed by atoms with Gasteiger partial charge in [0.25, 0.3) is 0 Å². The van der Waals surface area contributed by atoms with Crippen molar-refractivity contribution < 1.29 is 26.9 Å². The molecule has 1 fully saturated rings. The largest absolute Gasteiger partial charge is 0.377 e. The lowest BCUT2D eigenvalue weighted by molar-refractivity contribution is 0.172. The third-order valence-electron chi connectivity index (χ3n) is 1.43. The topological polar surface area (TPSA) is 82.1 Å². The molecule has 0 aliphatic carbocycles. The van der Waals surface area contributed by atoms with Crippen LogP contribution in [-0.4, -0.2) is 45.1 Å². The van der Waals surface area contributed by atoms with Gasteiger partial charge in [-0.15, -0.1) is 0 Å². The van der Waals surface area contributed by atoms with Crippen LogP contribution in [0.1, 0.15) is 0 Å². The van der Waals surface area contributed by atoms with Crippen molar-refractivity contribution in [2.45, 2.75) is 6.10 Å². The highest BCUT2D eigenvalue weighted by Crippen LogP contribution is 2.62. The number of rotatable bonds is 3. The van der Waals surface area contributed by atoms with Crippen LogP contribution in [0.3, 0.4) is 0 Å². The molecule has 79 valence electrons. The second-order valence-corrected chi connectivity index (χ2v) is 6.72. The first kappa shape index (κ1) is 11.3. The van der Waals surface area contributed by atoms with Crippen molar-refractivity contribution in [2.75, 3.05) is 25.7 Å². The first-order chi connectivity index (χ1) is 5.85. The molecule has 8 heteroatoms. The molecular formula is C5H12O6PS. The third kappa shape index (κ3) is 3.46. The molecule has 1 saturated heterocycles. The molecule has 13 heavy (non-hydrogen) atoms. The van der Waals surface area contributed by atoms with E-state index in [1.54, 1.807) is 0 Å². The van der Waals surface area contributed by atoms with E-state index in [0.29, 0.717) is 0 Å². The van der Waals surface area contributed by atoms with Crippen molar-refractivity contribution in [1.82, 2.24) is 0 Å². The molecule has 6 nitrogen and oxygen atoms in total. The van der Waals surface area contributed by atoms with Crippen molar-refractivity contribution in [3.8, 4) is 0 Å². The smallest absolute Gasteiger partial charge is 0.314 e.